The predicted octanol–water partition coefficient (Wildman–Crippen LogP) is 0.483. The Morgan fingerprint density at radius 3 is 2.82 bits per heavy atom. The first-order valence-electron chi connectivity index (χ1n) is 8.33. The molecule has 0 radical (unpaired) electrons. The molecule has 1 aliphatic heterocycles. The summed E-state index contributed by atoms with van der Waals surface area (Å²) in [6.45, 7) is 2.24. The summed E-state index contributed by atoms with van der Waals surface area (Å²) in [6.07, 6.45) is 7.75. The molecular formula is C15H25N5O2. The summed E-state index contributed by atoms with van der Waals surface area (Å²) in [7, 11) is 0. The third-order valence-corrected chi connectivity index (χ3v) is 4.84. The standard InChI is InChI=1S/C15H25N5O2/c21-14(11-3-1-2-4-11)9-17-15(22)13-10-20(19-18-13)12-5-7-16-8-6-12/h10-12,14,16,21H,1-9H2,(H,17,22). The van der Waals surface area contributed by atoms with Crippen molar-refractivity contribution >= 4 is 5.91 Å². The molecule has 122 valence electrons. The summed E-state index contributed by atoms with van der Waals surface area (Å²) in [5, 5.41) is 24.2. The Hall–Kier alpha value is -1.47. The molecule has 0 bridgehead atoms. The van der Waals surface area contributed by atoms with Crippen molar-refractivity contribution in [3.8, 4) is 0 Å². The number of aliphatic hydroxyl groups excluding tert-OH is 1. The number of carbonyl (C=O) groups is 1. The van der Waals surface area contributed by atoms with Crippen LogP contribution in [0, 0.1) is 5.92 Å². The fourth-order valence-electron chi connectivity index (χ4n) is 3.43. The highest BCUT2D eigenvalue weighted by atomic mass is 16.3. The van der Waals surface area contributed by atoms with Crippen LogP contribution < -0.4 is 10.6 Å². The molecular weight excluding hydrogens is 282 g/mol. The van der Waals surface area contributed by atoms with Gasteiger partial charge in [-0.3, -0.25) is 4.79 Å². The largest absolute Gasteiger partial charge is 0.391 e. The number of hydrogen-bond donors (Lipinski definition) is 3. The average molecular weight is 307 g/mol. The van der Waals surface area contributed by atoms with Crippen LogP contribution in [0.25, 0.3) is 0 Å². The molecule has 1 aromatic rings. The molecule has 2 fully saturated rings. The van der Waals surface area contributed by atoms with E-state index in [9.17, 15) is 9.90 Å². The fourth-order valence-corrected chi connectivity index (χ4v) is 3.43. The molecule has 7 nitrogen and oxygen atoms in total. The first-order valence-corrected chi connectivity index (χ1v) is 8.33. The van der Waals surface area contributed by atoms with Crippen LogP contribution in [-0.2, 0) is 0 Å². The number of rotatable bonds is 5. The van der Waals surface area contributed by atoms with Crippen LogP contribution in [0.15, 0.2) is 6.20 Å². The highest BCUT2D eigenvalue weighted by Gasteiger charge is 2.24. The summed E-state index contributed by atoms with van der Waals surface area (Å²) in [4.78, 5) is 12.1. The summed E-state index contributed by atoms with van der Waals surface area (Å²) in [6, 6.07) is 0.319. The zero-order chi connectivity index (χ0) is 15.4. The van der Waals surface area contributed by atoms with Crippen molar-refractivity contribution < 1.29 is 9.90 Å². The van der Waals surface area contributed by atoms with Crippen molar-refractivity contribution in [3.63, 3.8) is 0 Å². The molecule has 3 rings (SSSR count). The Morgan fingerprint density at radius 1 is 1.36 bits per heavy atom. The molecule has 0 aromatic carbocycles. The molecule has 3 N–H and O–H groups in total. The second-order valence-electron chi connectivity index (χ2n) is 6.39. The van der Waals surface area contributed by atoms with E-state index in [1.54, 1.807) is 10.9 Å². The Morgan fingerprint density at radius 2 is 2.09 bits per heavy atom. The Labute approximate surface area is 130 Å². The molecule has 22 heavy (non-hydrogen) atoms. The molecule has 1 unspecified atom stereocenters. The highest BCUT2D eigenvalue weighted by Crippen LogP contribution is 2.27. The van der Waals surface area contributed by atoms with Gasteiger partial charge >= 0.3 is 0 Å². The SMILES string of the molecule is O=C(NCC(O)C1CCCC1)c1cn(C2CCNCC2)nn1. The van der Waals surface area contributed by atoms with Gasteiger partial charge in [0.05, 0.1) is 18.3 Å². The minimum absolute atomic E-state index is 0.253. The van der Waals surface area contributed by atoms with E-state index in [0.717, 1.165) is 38.8 Å². The third kappa shape index (κ3) is 3.64. The van der Waals surface area contributed by atoms with Crippen molar-refractivity contribution in [1.29, 1.82) is 0 Å². The van der Waals surface area contributed by atoms with Gasteiger partial charge in [-0.05, 0) is 44.7 Å². The number of carbonyl (C=O) groups excluding carboxylic acids is 1. The Kier molecular flexibility index (Phi) is 5.04. The monoisotopic (exact) mass is 307 g/mol. The second kappa shape index (κ2) is 7.19. The molecule has 2 aliphatic rings. The van der Waals surface area contributed by atoms with Gasteiger partial charge in [0.15, 0.2) is 5.69 Å². The van der Waals surface area contributed by atoms with Gasteiger partial charge < -0.3 is 15.7 Å². The normalized spacial score (nSPS) is 21.9. The van der Waals surface area contributed by atoms with E-state index in [-0.39, 0.29) is 5.91 Å². The lowest BCUT2D eigenvalue weighted by Crippen LogP contribution is -2.35. The van der Waals surface area contributed by atoms with E-state index in [0.29, 0.717) is 24.2 Å². The summed E-state index contributed by atoms with van der Waals surface area (Å²) >= 11 is 0. The van der Waals surface area contributed by atoms with Crippen LogP contribution in [0.3, 0.4) is 0 Å². The predicted molar refractivity (Wildman–Crippen MR) is 81.5 cm³/mol. The molecule has 2 heterocycles. The number of aliphatic hydroxyl groups is 1. The summed E-state index contributed by atoms with van der Waals surface area (Å²) in [5.74, 6) is 0.0722. The topological polar surface area (TPSA) is 92.1 Å². The van der Waals surface area contributed by atoms with Gasteiger partial charge in [0.1, 0.15) is 0 Å². The van der Waals surface area contributed by atoms with Gasteiger partial charge in [-0.15, -0.1) is 5.10 Å². The molecule has 1 amide bonds. The summed E-state index contributed by atoms with van der Waals surface area (Å²) in [5.41, 5.74) is 0.331. The fraction of sp³-hybridized carbons (Fsp3) is 0.800. The van der Waals surface area contributed by atoms with Crippen LogP contribution in [0.2, 0.25) is 0 Å². The van der Waals surface area contributed by atoms with E-state index in [4.69, 9.17) is 0 Å². The van der Waals surface area contributed by atoms with Gasteiger partial charge in [0, 0.05) is 6.54 Å². The number of nitrogens with one attached hydrogen (secondary N) is 2. The first kappa shape index (κ1) is 15.4. The van der Waals surface area contributed by atoms with Gasteiger partial charge in [0.2, 0.25) is 0 Å². The van der Waals surface area contributed by atoms with E-state index in [2.05, 4.69) is 20.9 Å². The van der Waals surface area contributed by atoms with Crippen LogP contribution in [0.4, 0.5) is 0 Å². The third-order valence-electron chi connectivity index (χ3n) is 4.84. The van der Waals surface area contributed by atoms with Crippen LogP contribution in [0.5, 0.6) is 0 Å². The van der Waals surface area contributed by atoms with Crippen LogP contribution >= 0.6 is 0 Å². The molecule has 0 spiro atoms. The number of hydrogen-bond acceptors (Lipinski definition) is 5. The summed E-state index contributed by atoms with van der Waals surface area (Å²) < 4.78 is 1.79. The van der Waals surface area contributed by atoms with Crippen molar-refractivity contribution in [3.05, 3.63) is 11.9 Å². The second-order valence-corrected chi connectivity index (χ2v) is 6.39. The Balaban J connectivity index is 1.50. The van der Waals surface area contributed by atoms with E-state index in [1.165, 1.54) is 12.8 Å². The number of amides is 1. The Bertz CT molecular complexity index is 492. The number of aromatic nitrogens is 3. The van der Waals surface area contributed by atoms with Gasteiger partial charge in [-0.2, -0.15) is 0 Å². The molecule has 1 aliphatic carbocycles. The minimum atomic E-state index is -0.453. The molecule has 1 aromatic heterocycles. The lowest BCUT2D eigenvalue weighted by Gasteiger charge is -2.22. The minimum Gasteiger partial charge on any atom is -0.391 e. The number of nitrogens with zero attached hydrogens (tertiary/aromatic N) is 3. The lowest BCUT2D eigenvalue weighted by atomic mass is 10.0. The van der Waals surface area contributed by atoms with Crippen molar-refractivity contribution in [2.24, 2.45) is 5.92 Å². The van der Waals surface area contributed by atoms with Gasteiger partial charge in [0.25, 0.3) is 5.91 Å². The average Bonchev–Trinajstić information content (AvgIpc) is 3.24. The molecule has 1 saturated heterocycles. The van der Waals surface area contributed by atoms with Gasteiger partial charge in [-0.1, -0.05) is 18.1 Å². The van der Waals surface area contributed by atoms with Gasteiger partial charge in [-0.25, -0.2) is 4.68 Å². The maximum absolute atomic E-state index is 12.1. The zero-order valence-electron chi connectivity index (χ0n) is 12.9. The first-order chi connectivity index (χ1) is 10.7. The van der Waals surface area contributed by atoms with Crippen molar-refractivity contribution in [1.82, 2.24) is 25.6 Å². The highest BCUT2D eigenvalue weighted by molar-refractivity contribution is 5.91. The maximum Gasteiger partial charge on any atom is 0.273 e. The zero-order valence-corrected chi connectivity index (χ0v) is 12.9. The van der Waals surface area contributed by atoms with E-state index < -0.39 is 6.10 Å². The van der Waals surface area contributed by atoms with E-state index >= 15 is 0 Å². The number of piperidine rings is 1. The van der Waals surface area contributed by atoms with Crippen molar-refractivity contribution in [2.75, 3.05) is 19.6 Å². The van der Waals surface area contributed by atoms with E-state index in [1.807, 2.05) is 0 Å². The molecule has 7 heteroatoms. The molecule has 1 saturated carbocycles. The maximum atomic E-state index is 12.1. The van der Waals surface area contributed by atoms with Crippen LogP contribution in [0.1, 0.15) is 55.1 Å². The van der Waals surface area contributed by atoms with Crippen LogP contribution in [-0.4, -0.2) is 51.7 Å². The lowest BCUT2D eigenvalue weighted by molar-refractivity contribution is 0.0836. The van der Waals surface area contributed by atoms with Crippen molar-refractivity contribution in [2.45, 2.75) is 50.7 Å². The smallest absolute Gasteiger partial charge is 0.273 e. The quantitative estimate of drug-likeness (QED) is 0.736. The molecule has 1 atom stereocenters.